The molecule has 0 aromatic carbocycles. The van der Waals surface area contributed by atoms with Crippen molar-refractivity contribution in [1.29, 1.82) is 0 Å². The van der Waals surface area contributed by atoms with E-state index in [4.69, 9.17) is 0 Å². The summed E-state index contributed by atoms with van der Waals surface area (Å²) in [6, 6.07) is 0.218. The standard InChI is InChI=1S/C5H10BNO/c6-7-3-1-2-5(7)4-8/h4-5H,1-3,6H2. The van der Waals surface area contributed by atoms with Gasteiger partial charge in [-0.3, -0.25) is 0 Å². The summed E-state index contributed by atoms with van der Waals surface area (Å²) >= 11 is 0. The van der Waals surface area contributed by atoms with Gasteiger partial charge in [-0.2, -0.15) is 0 Å². The highest BCUT2D eigenvalue weighted by Gasteiger charge is 2.18. The third kappa shape index (κ3) is 0.918. The summed E-state index contributed by atoms with van der Waals surface area (Å²) in [5.41, 5.74) is 0. The zero-order valence-corrected chi connectivity index (χ0v) is 5.13. The zero-order valence-electron chi connectivity index (χ0n) is 5.13. The second-order valence-corrected chi connectivity index (χ2v) is 2.33. The lowest BCUT2D eigenvalue weighted by molar-refractivity contribution is -0.110. The molecule has 0 saturated carbocycles. The highest BCUT2D eigenvalue weighted by Crippen LogP contribution is 2.10. The van der Waals surface area contributed by atoms with Gasteiger partial charge in [0.1, 0.15) is 6.29 Å². The van der Waals surface area contributed by atoms with E-state index in [2.05, 4.69) is 4.81 Å². The minimum atomic E-state index is 0.218. The van der Waals surface area contributed by atoms with E-state index < -0.39 is 0 Å². The molecule has 0 aliphatic carbocycles. The van der Waals surface area contributed by atoms with E-state index in [9.17, 15) is 4.79 Å². The van der Waals surface area contributed by atoms with Crippen LogP contribution < -0.4 is 0 Å². The maximum Gasteiger partial charge on any atom is 0.186 e. The smallest absolute Gasteiger partial charge is 0.186 e. The van der Waals surface area contributed by atoms with E-state index in [1.54, 1.807) is 0 Å². The van der Waals surface area contributed by atoms with Crippen LogP contribution in [0.25, 0.3) is 0 Å². The Morgan fingerprint density at radius 3 is 2.75 bits per heavy atom. The predicted molar refractivity (Wildman–Crippen MR) is 34.3 cm³/mol. The summed E-state index contributed by atoms with van der Waals surface area (Å²) in [5, 5.41) is 0. The van der Waals surface area contributed by atoms with E-state index in [0.717, 1.165) is 19.3 Å². The SMILES string of the molecule is BN1CCCC1C=O. The topological polar surface area (TPSA) is 20.3 Å². The first-order chi connectivity index (χ1) is 3.84. The Morgan fingerprint density at radius 2 is 2.50 bits per heavy atom. The number of nitrogens with zero attached hydrogens (tertiary/aromatic N) is 1. The molecule has 0 aromatic rings. The Kier molecular flexibility index (Phi) is 1.68. The molecule has 1 aliphatic rings. The van der Waals surface area contributed by atoms with E-state index in [1.165, 1.54) is 6.42 Å². The van der Waals surface area contributed by atoms with Gasteiger partial charge < -0.3 is 9.61 Å². The van der Waals surface area contributed by atoms with Crippen molar-refractivity contribution in [3.8, 4) is 0 Å². The predicted octanol–water partition coefficient (Wildman–Crippen LogP) is -0.802. The number of hydrogen-bond donors (Lipinski definition) is 0. The number of carbonyl (C=O) groups excluding carboxylic acids is 1. The van der Waals surface area contributed by atoms with Crippen molar-refractivity contribution < 1.29 is 4.79 Å². The number of rotatable bonds is 1. The minimum absolute atomic E-state index is 0.218. The summed E-state index contributed by atoms with van der Waals surface area (Å²) < 4.78 is 0. The average Bonchev–Trinajstić information content (AvgIpc) is 2.14. The van der Waals surface area contributed by atoms with E-state index in [-0.39, 0.29) is 6.04 Å². The molecule has 0 radical (unpaired) electrons. The molecule has 1 rings (SSSR count). The van der Waals surface area contributed by atoms with Gasteiger partial charge in [-0.15, -0.1) is 0 Å². The summed E-state index contributed by atoms with van der Waals surface area (Å²) in [6.07, 6.45) is 3.27. The van der Waals surface area contributed by atoms with Crippen LogP contribution in [0.4, 0.5) is 0 Å². The fourth-order valence-corrected chi connectivity index (χ4v) is 1.11. The Morgan fingerprint density at radius 1 is 1.75 bits per heavy atom. The van der Waals surface area contributed by atoms with Crippen LogP contribution in [-0.4, -0.2) is 31.7 Å². The van der Waals surface area contributed by atoms with Crippen LogP contribution >= 0.6 is 0 Å². The van der Waals surface area contributed by atoms with Crippen LogP contribution in [-0.2, 0) is 4.79 Å². The van der Waals surface area contributed by atoms with Crippen molar-refractivity contribution >= 4 is 14.3 Å². The van der Waals surface area contributed by atoms with Gasteiger partial charge in [-0.25, -0.2) is 0 Å². The van der Waals surface area contributed by atoms with Crippen molar-refractivity contribution in [2.75, 3.05) is 6.54 Å². The highest BCUT2D eigenvalue weighted by molar-refractivity contribution is 6.05. The molecule has 1 saturated heterocycles. The van der Waals surface area contributed by atoms with E-state index >= 15 is 0 Å². The number of hydrogen-bond acceptors (Lipinski definition) is 2. The van der Waals surface area contributed by atoms with Gasteiger partial charge in [-0.05, 0) is 19.4 Å². The van der Waals surface area contributed by atoms with Crippen LogP contribution in [0.5, 0.6) is 0 Å². The van der Waals surface area contributed by atoms with Crippen LogP contribution in [0.3, 0.4) is 0 Å². The van der Waals surface area contributed by atoms with Gasteiger partial charge >= 0.3 is 0 Å². The molecule has 2 nitrogen and oxygen atoms in total. The van der Waals surface area contributed by atoms with E-state index in [1.807, 2.05) is 7.98 Å². The molecule has 8 heavy (non-hydrogen) atoms. The zero-order chi connectivity index (χ0) is 5.98. The maximum absolute atomic E-state index is 10.2. The second kappa shape index (κ2) is 2.31. The number of aldehydes is 1. The lowest BCUT2D eigenvalue weighted by Gasteiger charge is -2.11. The molecule has 0 N–H and O–H groups in total. The molecule has 1 unspecified atom stereocenters. The molecule has 1 heterocycles. The third-order valence-electron chi connectivity index (χ3n) is 1.73. The van der Waals surface area contributed by atoms with Crippen molar-refractivity contribution in [2.24, 2.45) is 0 Å². The minimum Gasteiger partial charge on any atom is -0.340 e. The molecule has 1 aliphatic heterocycles. The molecule has 3 heteroatoms. The Labute approximate surface area is 50.3 Å². The summed E-state index contributed by atoms with van der Waals surface area (Å²) in [5.74, 6) is 0. The molecule has 1 fully saturated rings. The molecule has 0 aromatic heterocycles. The van der Waals surface area contributed by atoms with Crippen molar-refractivity contribution in [2.45, 2.75) is 18.9 Å². The van der Waals surface area contributed by atoms with Crippen LogP contribution in [0.1, 0.15) is 12.8 Å². The average molecular weight is 111 g/mol. The maximum atomic E-state index is 10.2. The van der Waals surface area contributed by atoms with Crippen LogP contribution in [0.2, 0.25) is 0 Å². The summed E-state index contributed by atoms with van der Waals surface area (Å²) in [7, 11) is 1.99. The first-order valence-electron chi connectivity index (χ1n) is 3.00. The second-order valence-electron chi connectivity index (χ2n) is 2.33. The quantitative estimate of drug-likeness (QED) is 0.326. The van der Waals surface area contributed by atoms with Crippen LogP contribution in [0.15, 0.2) is 0 Å². The molecule has 0 spiro atoms. The normalized spacial score (nSPS) is 30.8. The monoisotopic (exact) mass is 111 g/mol. The Bertz CT molecular complexity index is 96.4. The van der Waals surface area contributed by atoms with Gasteiger partial charge in [0.05, 0.1) is 6.04 Å². The first-order valence-corrected chi connectivity index (χ1v) is 3.00. The first kappa shape index (κ1) is 5.82. The molecular weight excluding hydrogens is 101 g/mol. The molecule has 0 bridgehead atoms. The van der Waals surface area contributed by atoms with Crippen molar-refractivity contribution in [3.63, 3.8) is 0 Å². The van der Waals surface area contributed by atoms with Crippen LogP contribution in [0, 0.1) is 0 Å². The number of carbonyl (C=O) groups is 1. The van der Waals surface area contributed by atoms with Gasteiger partial charge in [0, 0.05) is 0 Å². The molecule has 0 amide bonds. The molecule has 1 atom stereocenters. The highest BCUT2D eigenvalue weighted by atomic mass is 16.1. The molecular formula is C5H10BNO. The van der Waals surface area contributed by atoms with Crippen molar-refractivity contribution in [1.82, 2.24) is 4.81 Å². The lowest BCUT2D eigenvalue weighted by Crippen LogP contribution is -2.27. The largest absolute Gasteiger partial charge is 0.340 e. The van der Waals surface area contributed by atoms with Gasteiger partial charge in [0.25, 0.3) is 0 Å². The lowest BCUT2D eigenvalue weighted by atomic mass is 10.2. The third-order valence-corrected chi connectivity index (χ3v) is 1.73. The molecule has 44 valence electrons. The van der Waals surface area contributed by atoms with Gasteiger partial charge in [-0.1, -0.05) is 0 Å². The fraction of sp³-hybridized carbons (Fsp3) is 0.800. The fourth-order valence-electron chi connectivity index (χ4n) is 1.11. The Hall–Kier alpha value is -0.305. The summed E-state index contributed by atoms with van der Waals surface area (Å²) in [6.45, 7) is 1.09. The van der Waals surface area contributed by atoms with Crippen molar-refractivity contribution in [3.05, 3.63) is 0 Å². The Balaban J connectivity index is 2.41. The van der Waals surface area contributed by atoms with E-state index in [0.29, 0.717) is 0 Å². The summed E-state index contributed by atoms with van der Waals surface area (Å²) in [4.78, 5) is 12.3. The van der Waals surface area contributed by atoms with Gasteiger partial charge in [0.2, 0.25) is 0 Å². The van der Waals surface area contributed by atoms with Gasteiger partial charge in [0.15, 0.2) is 7.98 Å².